The van der Waals surface area contributed by atoms with Gasteiger partial charge in [-0.05, 0) is 13.0 Å². The minimum absolute atomic E-state index is 0.266. The molecule has 1 aromatic rings. The van der Waals surface area contributed by atoms with Gasteiger partial charge in [0.1, 0.15) is 0 Å². The number of carbonyl (C=O) groups excluding carboxylic acids is 1. The number of esters is 1. The van der Waals surface area contributed by atoms with Crippen molar-refractivity contribution in [3.8, 4) is 0 Å². The van der Waals surface area contributed by atoms with Crippen molar-refractivity contribution in [2.45, 2.75) is 23.2 Å². The summed E-state index contributed by atoms with van der Waals surface area (Å²) in [7, 11) is 0. The Balaban J connectivity index is 2.12. The molecule has 1 saturated heterocycles. The van der Waals surface area contributed by atoms with Crippen molar-refractivity contribution in [3.63, 3.8) is 0 Å². The Kier molecular flexibility index (Phi) is 4.63. The van der Waals surface area contributed by atoms with E-state index in [0.29, 0.717) is 24.0 Å². The summed E-state index contributed by atoms with van der Waals surface area (Å²) >= 11 is 1.63. The number of aliphatic hydroxyl groups is 1. The topological polar surface area (TPSA) is 55.8 Å². The van der Waals surface area contributed by atoms with E-state index in [2.05, 4.69) is 0 Å². The minimum atomic E-state index is -1.21. The fourth-order valence-corrected chi connectivity index (χ4v) is 2.78. The van der Waals surface area contributed by atoms with Crippen LogP contribution in [0.2, 0.25) is 0 Å². The van der Waals surface area contributed by atoms with Crippen LogP contribution in [0.25, 0.3) is 0 Å². The van der Waals surface area contributed by atoms with Gasteiger partial charge in [0.15, 0.2) is 6.10 Å². The normalized spacial score (nSPS) is 17.0. The van der Waals surface area contributed by atoms with Crippen LogP contribution in [0.4, 0.5) is 0 Å². The molecular formula is C13H16O4S. The first kappa shape index (κ1) is 13.4. The number of hydrogen-bond donors (Lipinski definition) is 1. The van der Waals surface area contributed by atoms with Gasteiger partial charge in [0.25, 0.3) is 0 Å². The first-order valence-corrected chi connectivity index (χ1v) is 6.78. The van der Waals surface area contributed by atoms with Crippen LogP contribution in [-0.4, -0.2) is 36.1 Å². The fraction of sp³-hybridized carbons (Fsp3) is 0.462. The largest absolute Gasteiger partial charge is 0.464 e. The van der Waals surface area contributed by atoms with Gasteiger partial charge in [0.05, 0.1) is 25.1 Å². The standard InChI is InChI=1S/C13H16O4S/c1-2-17-13(15)12(14)10-5-3-4-6-11(10)18-9-7-16-8-9/h3-6,9,12,14H,2,7-8H2,1H3. The Bertz CT molecular complexity index is 417. The second kappa shape index (κ2) is 6.22. The molecule has 0 aliphatic carbocycles. The van der Waals surface area contributed by atoms with E-state index >= 15 is 0 Å². The number of hydrogen-bond acceptors (Lipinski definition) is 5. The average Bonchev–Trinajstić information content (AvgIpc) is 2.34. The van der Waals surface area contributed by atoms with Gasteiger partial charge in [-0.15, -0.1) is 11.8 Å². The Morgan fingerprint density at radius 3 is 2.89 bits per heavy atom. The molecule has 1 fully saturated rings. The van der Waals surface area contributed by atoms with Crippen LogP contribution in [0.1, 0.15) is 18.6 Å². The summed E-state index contributed by atoms with van der Waals surface area (Å²) < 4.78 is 9.95. The SMILES string of the molecule is CCOC(=O)C(O)c1ccccc1SC1COC1. The summed E-state index contributed by atoms with van der Waals surface area (Å²) in [4.78, 5) is 12.5. The van der Waals surface area contributed by atoms with Crippen LogP contribution in [-0.2, 0) is 14.3 Å². The molecule has 18 heavy (non-hydrogen) atoms. The molecule has 2 rings (SSSR count). The molecule has 0 amide bonds. The third-order valence-electron chi connectivity index (χ3n) is 2.62. The van der Waals surface area contributed by atoms with Gasteiger partial charge < -0.3 is 14.6 Å². The lowest BCUT2D eigenvalue weighted by Gasteiger charge is -2.26. The monoisotopic (exact) mass is 268 g/mol. The van der Waals surface area contributed by atoms with Crippen LogP contribution in [0.15, 0.2) is 29.2 Å². The Labute approximate surface area is 110 Å². The first-order valence-electron chi connectivity index (χ1n) is 5.90. The number of rotatable bonds is 5. The minimum Gasteiger partial charge on any atom is -0.464 e. The highest BCUT2D eigenvalue weighted by atomic mass is 32.2. The Morgan fingerprint density at radius 1 is 1.56 bits per heavy atom. The van der Waals surface area contributed by atoms with E-state index in [1.165, 1.54) is 0 Å². The molecule has 1 atom stereocenters. The molecule has 1 aliphatic heterocycles. The number of aliphatic hydroxyl groups excluding tert-OH is 1. The Morgan fingerprint density at radius 2 is 2.28 bits per heavy atom. The molecule has 1 unspecified atom stereocenters. The van der Waals surface area contributed by atoms with Crippen LogP contribution in [0, 0.1) is 0 Å². The van der Waals surface area contributed by atoms with Crippen LogP contribution < -0.4 is 0 Å². The quantitative estimate of drug-likeness (QED) is 0.825. The van der Waals surface area contributed by atoms with Gasteiger partial charge in [-0.1, -0.05) is 18.2 Å². The summed E-state index contributed by atoms with van der Waals surface area (Å²) in [5.74, 6) is -0.601. The second-order valence-electron chi connectivity index (χ2n) is 3.97. The highest BCUT2D eigenvalue weighted by Crippen LogP contribution is 2.33. The number of ether oxygens (including phenoxy) is 2. The average molecular weight is 268 g/mol. The summed E-state index contributed by atoms with van der Waals surface area (Å²) in [5.41, 5.74) is 0.604. The van der Waals surface area contributed by atoms with E-state index < -0.39 is 12.1 Å². The molecule has 0 saturated carbocycles. The lowest BCUT2D eigenvalue weighted by Crippen LogP contribution is -2.30. The van der Waals surface area contributed by atoms with Gasteiger partial charge in [0, 0.05) is 10.5 Å². The zero-order valence-corrected chi connectivity index (χ0v) is 11.0. The highest BCUT2D eigenvalue weighted by Gasteiger charge is 2.25. The fourth-order valence-electron chi connectivity index (χ4n) is 1.62. The number of carbonyl (C=O) groups is 1. The lowest BCUT2D eigenvalue weighted by molar-refractivity contribution is -0.153. The molecule has 0 aromatic heterocycles. The van der Waals surface area contributed by atoms with Crippen molar-refractivity contribution in [1.29, 1.82) is 0 Å². The van der Waals surface area contributed by atoms with Crippen molar-refractivity contribution in [3.05, 3.63) is 29.8 Å². The maximum absolute atomic E-state index is 11.6. The van der Waals surface area contributed by atoms with Crippen LogP contribution in [0.3, 0.4) is 0 Å². The first-order chi connectivity index (χ1) is 8.72. The van der Waals surface area contributed by atoms with Gasteiger partial charge >= 0.3 is 5.97 Å². The summed E-state index contributed by atoms with van der Waals surface area (Å²) in [6, 6.07) is 7.35. The molecule has 1 heterocycles. The molecule has 0 spiro atoms. The third kappa shape index (κ3) is 3.04. The van der Waals surface area contributed by atoms with E-state index in [1.54, 1.807) is 30.8 Å². The van der Waals surface area contributed by atoms with E-state index in [1.807, 2.05) is 12.1 Å². The van der Waals surface area contributed by atoms with Gasteiger partial charge in [0.2, 0.25) is 0 Å². The molecule has 1 aliphatic rings. The van der Waals surface area contributed by atoms with E-state index in [0.717, 1.165) is 4.90 Å². The number of thioether (sulfide) groups is 1. The van der Waals surface area contributed by atoms with Crippen molar-refractivity contribution in [2.24, 2.45) is 0 Å². The van der Waals surface area contributed by atoms with Crippen molar-refractivity contribution in [2.75, 3.05) is 19.8 Å². The van der Waals surface area contributed by atoms with Gasteiger partial charge in [-0.2, -0.15) is 0 Å². The zero-order chi connectivity index (χ0) is 13.0. The van der Waals surface area contributed by atoms with E-state index in [4.69, 9.17) is 9.47 Å². The molecule has 0 radical (unpaired) electrons. The molecule has 0 bridgehead atoms. The van der Waals surface area contributed by atoms with E-state index in [9.17, 15) is 9.90 Å². The van der Waals surface area contributed by atoms with Gasteiger partial charge in [-0.25, -0.2) is 4.79 Å². The van der Waals surface area contributed by atoms with Crippen molar-refractivity contribution < 1.29 is 19.4 Å². The second-order valence-corrected chi connectivity index (χ2v) is 5.31. The predicted octanol–water partition coefficient (Wildman–Crippen LogP) is 1.77. The summed E-state index contributed by atoms with van der Waals surface area (Å²) in [6.45, 7) is 3.42. The third-order valence-corrected chi connectivity index (χ3v) is 3.86. The summed E-state index contributed by atoms with van der Waals surface area (Å²) in [6.07, 6.45) is -1.21. The molecule has 98 valence electrons. The molecule has 1 aromatic carbocycles. The molecular weight excluding hydrogens is 252 g/mol. The van der Waals surface area contributed by atoms with Crippen molar-refractivity contribution in [1.82, 2.24) is 0 Å². The lowest BCUT2D eigenvalue weighted by atomic mass is 10.1. The van der Waals surface area contributed by atoms with Crippen LogP contribution in [0.5, 0.6) is 0 Å². The molecule has 1 N–H and O–H groups in total. The smallest absolute Gasteiger partial charge is 0.339 e. The van der Waals surface area contributed by atoms with E-state index in [-0.39, 0.29) is 6.61 Å². The van der Waals surface area contributed by atoms with Crippen molar-refractivity contribution >= 4 is 17.7 Å². The van der Waals surface area contributed by atoms with Gasteiger partial charge in [-0.3, -0.25) is 0 Å². The number of benzene rings is 1. The Hall–Kier alpha value is -1.04. The molecule has 4 nitrogen and oxygen atoms in total. The van der Waals surface area contributed by atoms with Crippen LogP contribution >= 0.6 is 11.8 Å². The maximum Gasteiger partial charge on any atom is 0.339 e. The maximum atomic E-state index is 11.6. The predicted molar refractivity (Wildman–Crippen MR) is 68.5 cm³/mol. The highest BCUT2D eigenvalue weighted by molar-refractivity contribution is 8.00. The zero-order valence-electron chi connectivity index (χ0n) is 10.2. The molecule has 5 heteroatoms. The summed E-state index contributed by atoms with van der Waals surface area (Å²) in [5, 5.41) is 10.4.